The fourth-order valence-corrected chi connectivity index (χ4v) is 3.71. The molecule has 1 N–H and O–H groups in total. The van der Waals surface area contributed by atoms with E-state index in [9.17, 15) is 14.7 Å². The number of nitrogens with zero attached hydrogens (tertiary/aromatic N) is 3. The molecule has 3 heterocycles. The second-order valence-electron chi connectivity index (χ2n) is 8.35. The van der Waals surface area contributed by atoms with Gasteiger partial charge in [0.05, 0.1) is 43.0 Å². The highest BCUT2D eigenvalue weighted by Crippen LogP contribution is 2.40. The number of carbonyl (C=O) groups excluding carboxylic acids is 1. The molecule has 0 saturated carbocycles. The molecule has 1 aromatic carbocycles. The average molecular weight is 373 g/mol. The van der Waals surface area contributed by atoms with Crippen molar-refractivity contribution < 1.29 is 19.4 Å². The molecule has 0 aliphatic carbocycles. The molecule has 2 aliphatic heterocycles. The van der Waals surface area contributed by atoms with Crippen LogP contribution in [-0.2, 0) is 9.47 Å². The van der Waals surface area contributed by atoms with Gasteiger partial charge >= 0.3 is 6.09 Å². The summed E-state index contributed by atoms with van der Waals surface area (Å²) in [5.74, 6) is 0.0327. The lowest BCUT2D eigenvalue weighted by atomic mass is 9.90. The minimum Gasteiger partial charge on any atom is -0.508 e. The van der Waals surface area contributed by atoms with Gasteiger partial charge in [0.15, 0.2) is 0 Å². The van der Waals surface area contributed by atoms with Gasteiger partial charge in [0.2, 0.25) is 0 Å². The van der Waals surface area contributed by atoms with Crippen molar-refractivity contribution in [1.82, 2.24) is 14.5 Å². The molecular weight excluding hydrogens is 350 g/mol. The van der Waals surface area contributed by atoms with Gasteiger partial charge in [0, 0.05) is 6.42 Å². The van der Waals surface area contributed by atoms with Gasteiger partial charge in [-0.15, -0.1) is 0 Å². The van der Waals surface area contributed by atoms with E-state index in [-0.39, 0.29) is 23.4 Å². The number of likely N-dealkylation sites (tertiary alicyclic amines) is 1. The highest BCUT2D eigenvalue weighted by atomic mass is 16.6. The molecule has 144 valence electrons. The molecule has 0 radical (unpaired) electrons. The molecule has 8 nitrogen and oxygen atoms in total. The van der Waals surface area contributed by atoms with Gasteiger partial charge < -0.3 is 19.5 Å². The SMILES string of the molecule is CC(C)(C)OC(=O)N1CC2(CC(n3cnc4ccc(O)cc4c3=O)CO2)C1. The molecular formula is C19H23N3O5. The Hall–Kier alpha value is -2.61. The Labute approximate surface area is 156 Å². The van der Waals surface area contributed by atoms with E-state index in [1.54, 1.807) is 15.5 Å². The summed E-state index contributed by atoms with van der Waals surface area (Å²) in [7, 11) is 0. The van der Waals surface area contributed by atoms with Crippen LogP contribution in [0.4, 0.5) is 4.79 Å². The minimum absolute atomic E-state index is 0.0327. The van der Waals surface area contributed by atoms with E-state index in [0.717, 1.165) is 0 Å². The molecule has 2 saturated heterocycles. The largest absolute Gasteiger partial charge is 0.508 e. The lowest BCUT2D eigenvalue weighted by molar-refractivity contribution is -0.109. The van der Waals surface area contributed by atoms with Crippen molar-refractivity contribution in [2.24, 2.45) is 0 Å². The zero-order valence-electron chi connectivity index (χ0n) is 15.6. The third-order valence-corrected chi connectivity index (χ3v) is 4.96. The monoisotopic (exact) mass is 373 g/mol. The van der Waals surface area contributed by atoms with E-state index in [0.29, 0.717) is 37.0 Å². The van der Waals surface area contributed by atoms with Crippen LogP contribution in [0, 0.1) is 0 Å². The van der Waals surface area contributed by atoms with E-state index in [1.807, 2.05) is 20.8 Å². The topological polar surface area (TPSA) is 93.9 Å². The van der Waals surface area contributed by atoms with E-state index >= 15 is 0 Å². The molecule has 1 unspecified atom stereocenters. The van der Waals surface area contributed by atoms with Crippen LogP contribution in [0.2, 0.25) is 0 Å². The van der Waals surface area contributed by atoms with Crippen LogP contribution in [0.25, 0.3) is 10.9 Å². The first-order chi connectivity index (χ1) is 12.7. The van der Waals surface area contributed by atoms with Gasteiger partial charge in [0.1, 0.15) is 17.0 Å². The Morgan fingerprint density at radius 3 is 2.81 bits per heavy atom. The second kappa shape index (κ2) is 5.95. The number of hydrogen-bond donors (Lipinski definition) is 1. The standard InChI is InChI=1S/C19H23N3O5/c1-18(2,3)27-17(25)21-9-19(10-21)7-12(8-26-19)22-11-20-15-5-4-13(23)6-14(15)16(22)24/h4-6,11-12,23H,7-10H2,1-3H3. The van der Waals surface area contributed by atoms with Gasteiger partial charge in [-0.2, -0.15) is 0 Å². The molecule has 1 atom stereocenters. The number of hydrogen-bond acceptors (Lipinski definition) is 6. The van der Waals surface area contributed by atoms with E-state index in [4.69, 9.17) is 9.47 Å². The summed E-state index contributed by atoms with van der Waals surface area (Å²) in [4.78, 5) is 30.8. The average Bonchev–Trinajstić information content (AvgIpc) is 2.98. The quantitative estimate of drug-likeness (QED) is 0.822. The molecule has 8 heteroatoms. The van der Waals surface area contributed by atoms with Crippen LogP contribution < -0.4 is 5.56 Å². The van der Waals surface area contributed by atoms with Crippen LogP contribution in [0.15, 0.2) is 29.3 Å². The molecule has 27 heavy (non-hydrogen) atoms. The van der Waals surface area contributed by atoms with Gasteiger partial charge in [-0.25, -0.2) is 9.78 Å². The maximum Gasteiger partial charge on any atom is 0.410 e. The van der Waals surface area contributed by atoms with Gasteiger partial charge in [0.25, 0.3) is 5.56 Å². The number of amides is 1. The number of aromatic hydroxyl groups is 1. The van der Waals surface area contributed by atoms with Crippen molar-refractivity contribution in [1.29, 1.82) is 0 Å². The fourth-order valence-electron chi connectivity index (χ4n) is 3.71. The summed E-state index contributed by atoms with van der Waals surface area (Å²) < 4.78 is 12.9. The Bertz CT molecular complexity index is 956. The summed E-state index contributed by atoms with van der Waals surface area (Å²) in [5.41, 5.74) is -0.629. The summed E-state index contributed by atoms with van der Waals surface area (Å²) in [6.45, 7) is 6.79. The fraction of sp³-hybridized carbons (Fsp3) is 0.526. The van der Waals surface area contributed by atoms with Crippen molar-refractivity contribution in [3.05, 3.63) is 34.9 Å². The van der Waals surface area contributed by atoms with E-state index in [2.05, 4.69) is 4.98 Å². The molecule has 2 aliphatic rings. The third-order valence-electron chi connectivity index (χ3n) is 4.96. The van der Waals surface area contributed by atoms with Crippen LogP contribution in [0.5, 0.6) is 5.75 Å². The van der Waals surface area contributed by atoms with Crippen molar-refractivity contribution >= 4 is 17.0 Å². The third kappa shape index (κ3) is 3.25. The van der Waals surface area contributed by atoms with Crippen molar-refractivity contribution in [2.75, 3.05) is 19.7 Å². The number of benzene rings is 1. The lowest BCUT2D eigenvalue weighted by Gasteiger charge is -2.46. The zero-order valence-corrected chi connectivity index (χ0v) is 15.6. The zero-order chi connectivity index (χ0) is 19.4. The number of carbonyl (C=O) groups is 1. The van der Waals surface area contributed by atoms with Gasteiger partial charge in [-0.3, -0.25) is 9.36 Å². The van der Waals surface area contributed by atoms with E-state index < -0.39 is 11.2 Å². The van der Waals surface area contributed by atoms with Gasteiger partial charge in [-0.1, -0.05) is 0 Å². The molecule has 1 spiro atoms. The summed E-state index contributed by atoms with van der Waals surface area (Å²) in [6.07, 6.45) is 1.80. The minimum atomic E-state index is -0.533. The predicted molar refractivity (Wildman–Crippen MR) is 97.8 cm³/mol. The summed E-state index contributed by atoms with van der Waals surface area (Å²) in [6, 6.07) is 4.40. The number of phenolic OH excluding ortho intramolecular Hbond substituents is 1. The maximum absolute atomic E-state index is 12.8. The van der Waals surface area contributed by atoms with Crippen LogP contribution in [-0.4, -0.2) is 56.5 Å². The summed E-state index contributed by atoms with van der Waals surface area (Å²) >= 11 is 0. The first-order valence-electron chi connectivity index (χ1n) is 8.98. The number of ether oxygens (including phenoxy) is 2. The number of aromatic nitrogens is 2. The normalized spacial score (nSPS) is 21.4. The van der Waals surface area contributed by atoms with Crippen molar-refractivity contribution in [3.63, 3.8) is 0 Å². The maximum atomic E-state index is 12.8. The van der Waals surface area contributed by atoms with Crippen LogP contribution in [0.3, 0.4) is 0 Å². The first kappa shape index (κ1) is 17.8. The highest BCUT2D eigenvalue weighted by molar-refractivity contribution is 5.78. The number of fused-ring (bicyclic) bond motifs is 1. The summed E-state index contributed by atoms with van der Waals surface area (Å²) in [5, 5.41) is 10.0. The Kier molecular flexibility index (Phi) is 3.92. The highest BCUT2D eigenvalue weighted by Gasteiger charge is 2.52. The Morgan fingerprint density at radius 1 is 1.37 bits per heavy atom. The molecule has 4 rings (SSSR count). The second-order valence-corrected chi connectivity index (χ2v) is 8.35. The Balaban J connectivity index is 1.48. The van der Waals surface area contributed by atoms with Crippen LogP contribution >= 0.6 is 0 Å². The van der Waals surface area contributed by atoms with E-state index in [1.165, 1.54) is 18.5 Å². The molecule has 0 bridgehead atoms. The van der Waals surface area contributed by atoms with Crippen molar-refractivity contribution in [2.45, 2.75) is 44.4 Å². The molecule has 2 fully saturated rings. The first-order valence-corrected chi connectivity index (χ1v) is 8.98. The number of rotatable bonds is 1. The van der Waals surface area contributed by atoms with Gasteiger partial charge in [-0.05, 0) is 39.0 Å². The molecule has 2 aromatic rings. The molecule has 1 aromatic heterocycles. The van der Waals surface area contributed by atoms with Crippen molar-refractivity contribution in [3.8, 4) is 5.75 Å². The lowest BCUT2D eigenvalue weighted by Crippen LogP contribution is -2.63. The molecule has 1 amide bonds. The smallest absolute Gasteiger partial charge is 0.410 e. The van der Waals surface area contributed by atoms with Crippen LogP contribution in [0.1, 0.15) is 33.2 Å². The number of phenols is 1. The Morgan fingerprint density at radius 2 is 2.11 bits per heavy atom. The predicted octanol–water partition coefficient (Wildman–Crippen LogP) is 2.05.